The summed E-state index contributed by atoms with van der Waals surface area (Å²) in [5.74, 6) is -0.283. The molecule has 1 aliphatic rings. The highest BCUT2D eigenvalue weighted by atomic mass is 32.1. The van der Waals surface area contributed by atoms with Crippen molar-refractivity contribution in [3.05, 3.63) is 34.5 Å². The Morgan fingerprint density at radius 3 is 3.00 bits per heavy atom. The van der Waals surface area contributed by atoms with Crippen LogP contribution in [0.2, 0.25) is 0 Å². The van der Waals surface area contributed by atoms with E-state index in [1.54, 1.807) is 12.1 Å². The minimum absolute atomic E-state index is 0.160. The van der Waals surface area contributed by atoms with Crippen molar-refractivity contribution < 1.29 is 9.59 Å². The lowest BCUT2D eigenvalue weighted by molar-refractivity contribution is 0.0804. The maximum absolute atomic E-state index is 12.7. The number of anilines is 2. The van der Waals surface area contributed by atoms with Gasteiger partial charge in [0.25, 0.3) is 0 Å². The molecule has 0 fully saturated rings. The first kappa shape index (κ1) is 15.6. The molecular weight excluding hydrogens is 312 g/mol. The Kier molecular flexibility index (Phi) is 4.38. The Balaban J connectivity index is 1.85. The van der Waals surface area contributed by atoms with Gasteiger partial charge in [0, 0.05) is 18.3 Å². The highest BCUT2D eigenvalue weighted by Crippen LogP contribution is 2.31. The minimum Gasteiger partial charge on any atom is -0.375 e. The zero-order valence-electron chi connectivity index (χ0n) is 12.8. The monoisotopic (exact) mass is 330 g/mol. The van der Waals surface area contributed by atoms with E-state index in [2.05, 4.69) is 15.3 Å². The van der Waals surface area contributed by atoms with Gasteiger partial charge in [-0.2, -0.15) is 0 Å². The van der Waals surface area contributed by atoms with Gasteiger partial charge in [-0.05, 0) is 38.3 Å². The summed E-state index contributed by atoms with van der Waals surface area (Å²) in [6.07, 6.45) is 3.51. The first-order valence-corrected chi connectivity index (χ1v) is 8.45. The Labute approximate surface area is 138 Å². The molecule has 1 atom stereocenters. The largest absolute Gasteiger partial charge is 0.375 e. The van der Waals surface area contributed by atoms with E-state index in [1.807, 2.05) is 6.92 Å². The van der Waals surface area contributed by atoms with Crippen LogP contribution in [0.15, 0.2) is 18.3 Å². The molecule has 2 heterocycles. The summed E-state index contributed by atoms with van der Waals surface area (Å²) < 4.78 is 0. The van der Waals surface area contributed by atoms with Crippen LogP contribution in [-0.4, -0.2) is 28.1 Å². The van der Waals surface area contributed by atoms with Crippen LogP contribution in [0, 0.1) is 5.92 Å². The number of nitrogen functional groups attached to an aromatic ring is 1. The molecule has 0 saturated heterocycles. The highest BCUT2D eigenvalue weighted by Gasteiger charge is 2.33. The van der Waals surface area contributed by atoms with E-state index < -0.39 is 5.92 Å². The highest BCUT2D eigenvalue weighted by molar-refractivity contribution is 7.17. The van der Waals surface area contributed by atoms with E-state index in [9.17, 15) is 9.59 Å². The number of hydrogen-bond donors (Lipinski definition) is 2. The summed E-state index contributed by atoms with van der Waals surface area (Å²) in [6, 6.07) is 3.47. The predicted molar refractivity (Wildman–Crippen MR) is 90.0 cm³/mol. The van der Waals surface area contributed by atoms with Gasteiger partial charge in [0.1, 0.15) is 5.82 Å². The predicted octanol–water partition coefficient (Wildman–Crippen LogP) is 2.57. The van der Waals surface area contributed by atoms with Gasteiger partial charge in [-0.25, -0.2) is 9.97 Å². The Hall–Kier alpha value is -2.28. The lowest BCUT2D eigenvalue weighted by atomic mass is 9.91. The second-order valence-corrected chi connectivity index (χ2v) is 6.49. The molecule has 23 heavy (non-hydrogen) atoms. The average molecular weight is 330 g/mol. The summed E-state index contributed by atoms with van der Waals surface area (Å²) in [5, 5.41) is 3.46. The molecule has 0 saturated carbocycles. The molecule has 0 aromatic carbocycles. The number of rotatable bonds is 4. The van der Waals surface area contributed by atoms with E-state index in [1.165, 1.54) is 17.5 Å². The second kappa shape index (κ2) is 6.45. The van der Waals surface area contributed by atoms with Crippen molar-refractivity contribution in [3.63, 3.8) is 0 Å². The average Bonchev–Trinajstić information content (AvgIpc) is 2.85. The number of nitrogens with zero attached hydrogens (tertiary/aromatic N) is 2. The first-order valence-electron chi connectivity index (χ1n) is 7.63. The third-order valence-electron chi connectivity index (χ3n) is 3.88. The van der Waals surface area contributed by atoms with Gasteiger partial charge >= 0.3 is 0 Å². The number of aromatic nitrogens is 2. The summed E-state index contributed by atoms with van der Waals surface area (Å²) >= 11 is 1.18. The van der Waals surface area contributed by atoms with E-state index >= 15 is 0 Å². The van der Waals surface area contributed by atoms with Gasteiger partial charge in [-0.1, -0.05) is 11.3 Å². The van der Waals surface area contributed by atoms with Gasteiger partial charge in [-0.15, -0.1) is 0 Å². The van der Waals surface area contributed by atoms with E-state index in [0.717, 1.165) is 18.7 Å². The third kappa shape index (κ3) is 3.10. The molecule has 2 aromatic heterocycles. The molecule has 0 aliphatic heterocycles. The van der Waals surface area contributed by atoms with Crippen molar-refractivity contribution >= 4 is 33.9 Å². The zero-order chi connectivity index (χ0) is 16.4. The number of carbonyl (C=O) groups excluding carboxylic acids is 2. The number of Topliss-reactive ketones (excluding diaryl/α,β-unsaturated/α-hetero) is 2. The quantitative estimate of drug-likeness (QED) is 0.508. The molecule has 6 nitrogen and oxygen atoms in total. The van der Waals surface area contributed by atoms with Gasteiger partial charge in [0.15, 0.2) is 16.7 Å². The normalized spacial score (nSPS) is 17.4. The van der Waals surface area contributed by atoms with Crippen LogP contribution < -0.4 is 11.1 Å². The lowest BCUT2D eigenvalue weighted by Crippen LogP contribution is -2.23. The van der Waals surface area contributed by atoms with Gasteiger partial charge in [-0.3, -0.25) is 9.59 Å². The van der Waals surface area contributed by atoms with Crippen LogP contribution in [0.5, 0.6) is 0 Å². The van der Waals surface area contributed by atoms with Gasteiger partial charge in [0.05, 0.1) is 16.5 Å². The Bertz CT molecular complexity index is 739. The molecule has 0 amide bonds. The fourth-order valence-electron chi connectivity index (χ4n) is 2.77. The molecule has 0 bridgehead atoms. The summed E-state index contributed by atoms with van der Waals surface area (Å²) in [5.41, 5.74) is 6.90. The second-order valence-electron chi connectivity index (χ2n) is 5.46. The van der Waals surface area contributed by atoms with Crippen LogP contribution in [0.25, 0.3) is 0 Å². The number of fused-ring (bicyclic) bond motifs is 1. The van der Waals surface area contributed by atoms with Crippen molar-refractivity contribution in [1.29, 1.82) is 0 Å². The van der Waals surface area contributed by atoms with Crippen LogP contribution in [0.4, 0.5) is 10.9 Å². The van der Waals surface area contributed by atoms with Gasteiger partial charge in [0.2, 0.25) is 0 Å². The lowest BCUT2D eigenvalue weighted by Gasteiger charge is -2.12. The van der Waals surface area contributed by atoms with Crippen molar-refractivity contribution in [2.45, 2.75) is 26.2 Å². The van der Waals surface area contributed by atoms with Crippen LogP contribution in [0.1, 0.15) is 45.5 Å². The molecular formula is C16H18N4O2S. The third-order valence-corrected chi connectivity index (χ3v) is 4.82. The van der Waals surface area contributed by atoms with Crippen molar-refractivity contribution in [2.75, 3.05) is 17.6 Å². The van der Waals surface area contributed by atoms with Crippen LogP contribution in [-0.2, 0) is 6.42 Å². The molecule has 0 spiro atoms. The van der Waals surface area contributed by atoms with Crippen LogP contribution >= 0.6 is 11.3 Å². The maximum atomic E-state index is 12.7. The summed E-state index contributed by atoms with van der Waals surface area (Å²) in [4.78, 5) is 34.4. The number of nitrogens with one attached hydrogen (secondary N) is 1. The summed E-state index contributed by atoms with van der Waals surface area (Å²) in [6.45, 7) is 2.74. The number of aryl methyl sites for hydroxylation is 1. The van der Waals surface area contributed by atoms with E-state index in [4.69, 9.17) is 5.73 Å². The number of ketones is 2. The smallest absolute Gasteiger partial charge is 0.185 e. The molecule has 7 heteroatoms. The molecule has 2 aromatic rings. The van der Waals surface area contributed by atoms with E-state index in [0.29, 0.717) is 34.2 Å². The Morgan fingerprint density at radius 2 is 2.30 bits per heavy atom. The number of nitrogens with two attached hydrogens (primary N) is 1. The summed E-state index contributed by atoms with van der Waals surface area (Å²) in [7, 11) is 0. The molecule has 120 valence electrons. The molecule has 3 N–H and O–H groups in total. The van der Waals surface area contributed by atoms with Crippen molar-refractivity contribution in [1.82, 2.24) is 9.97 Å². The number of thiazole rings is 1. The van der Waals surface area contributed by atoms with E-state index in [-0.39, 0.29) is 11.6 Å². The Morgan fingerprint density at radius 1 is 1.48 bits per heavy atom. The number of carbonyl (C=O) groups is 2. The molecule has 1 aliphatic carbocycles. The standard InChI is InChI=1S/C16H18N4O2S/c1-2-18-12-7-6-9(8-19-12)13(21)10-4-3-5-11-15(14(10)22)23-16(17)20-11/h6-8,10H,2-5H2,1H3,(H2,17,20)(H,18,19). The first-order chi connectivity index (χ1) is 11.1. The number of hydrogen-bond acceptors (Lipinski definition) is 7. The SMILES string of the molecule is CCNc1ccc(C(=O)C2CCCc3nc(N)sc3C2=O)cn1. The molecule has 1 unspecified atom stereocenters. The van der Waals surface area contributed by atoms with Crippen molar-refractivity contribution in [2.24, 2.45) is 5.92 Å². The number of pyridine rings is 1. The topological polar surface area (TPSA) is 98.0 Å². The molecule has 0 radical (unpaired) electrons. The van der Waals surface area contributed by atoms with Crippen LogP contribution in [0.3, 0.4) is 0 Å². The maximum Gasteiger partial charge on any atom is 0.185 e. The fraction of sp³-hybridized carbons (Fsp3) is 0.375. The fourth-order valence-corrected chi connectivity index (χ4v) is 3.64. The minimum atomic E-state index is -0.664. The van der Waals surface area contributed by atoms with Crippen molar-refractivity contribution in [3.8, 4) is 0 Å². The zero-order valence-corrected chi connectivity index (χ0v) is 13.7. The molecule has 3 rings (SSSR count). The van der Waals surface area contributed by atoms with Gasteiger partial charge < -0.3 is 11.1 Å².